The SMILES string of the molecule is CSC1(CNC2c3ccccc3CC2(C)C)CC1. The predicted octanol–water partition coefficient (Wildman–Crippen LogP) is 3.80. The molecule has 0 aliphatic heterocycles. The molecule has 1 saturated carbocycles. The molecule has 1 unspecified atom stereocenters. The molecule has 98 valence electrons. The van der Waals surface area contributed by atoms with Crippen LogP contribution >= 0.6 is 11.8 Å². The van der Waals surface area contributed by atoms with E-state index in [1.54, 1.807) is 0 Å². The maximum absolute atomic E-state index is 3.86. The van der Waals surface area contributed by atoms with Crippen LogP contribution in [0.1, 0.15) is 43.9 Å². The van der Waals surface area contributed by atoms with Crippen molar-refractivity contribution in [1.29, 1.82) is 0 Å². The fraction of sp³-hybridized carbons (Fsp3) is 0.625. The van der Waals surface area contributed by atoms with Crippen molar-refractivity contribution >= 4 is 11.8 Å². The summed E-state index contributed by atoms with van der Waals surface area (Å²) >= 11 is 2.04. The van der Waals surface area contributed by atoms with Gasteiger partial charge < -0.3 is 5.32 Å². The molecule has 2 aliphatic carbocycles. The summed E-state index contributed by atoms with van der Waals surface area (Å²) in [4.78, 5) is 0. The third kappa shape index (κ3) is 2.10. The lowest BCUT2D eigenvalue weighted by molar-refractivity contribution is 0.269. The van der Waals surface area contributed by atoms with Gasteiger partial charge in [0.25, 0.3) is 0 Å². The fourth-order valence-electron chi connectivity index (χ4n) is 3.26. The smallest absolute Gasteiger partial charge is 0.0378 e. The van der Waals surface area contributed by atoms with Crippen LogP contribution < -0.4 is 5.32 Å². The summed E-state index contributed by atoms with van der Waals surface area (Å²) in [6, 6.07) is 9.47. The molecular weight excluding hydrogens is 238 g/mol. The number of rotatable bonds is 4. The van der Waals surface area contributed by atoms with Crippen LogP contribution in [0.2, 0.25) is 0 Å². The van der Waals surface area contributed by atoms with Crippen molar-refractivity contribution in [1.82, 2.24) is 5.32 Å². The topological polar surface area (TPSA) is 12.0 Å². The molecule has 3 rings (SSSR count). The second-order valence-corrected chi connectivity index (χ2v) is 7.84. The van der Waals surface area contributed by atoms with Crippen LogP contribution in [0.4, 0.5) is 0 Å². The Bertz CT molecular complexity index is 448. The van der Waals surface area contributed by atoms with E-state index in [1.807, 2.05) is 11.8 Å². The third-order valence-corrected chi connectivity index (χ3v) is 6.08. The van der Waals surface area contributed by atoms with Crippen LogP contribution in [0.15, 0.2) is 24.3 Å². The van der Waals surface area contributed by atoms with E-state index in [0.29, 0.717) is 16.2 Å². The average molecular weight is 261 g/mol. The Hall–Kier alpha value is -0.470. The van der Waals surface area contributed by atoms with E-state index in [2.05, 4.69) is 49.7 Å². The first kappa shape index (κ1) is 12.6. The summed E-state index contributed by atoms with van der Waals surface area (Å²) < 4.78 is 0.549. The zero-order chi connectivity index (χ0) is 12.8. The molecule has 1 aromatic rings. The molecular formula is C16H23NS. The first-order valence-corrected chi connectivity index (χ1v) is 8.15. The van der Waals surface area contributed by atoms with Gasteiger partial charge in [0.05, 0.1) is 0 Å². The minimum atomic E-state index is 0.345. The summed E-state index contributed by atoms with van der Waals surface area (Å²) in [5.74, 6) is 0. The highest BCUT2D eigenvalue weighted by Crippen LogP contribution is 2.49. The number of benzene rings is 1. The van der Waals surface area contributed by atoms with Crippen LogP contribution in [0, 0.1) is 5.41 Å². The molecule has 2 heteroatoms. The molecule has 1 N–H and O–H groups in total. The highest BCUT2D eigenvalue weighted by Gasteiger charge is 2.44. The van der Waals surface area contributed by atoms with E-state index in [1.165, 1.54) is 30.4 Å². The molecule has 1 aromatic carbocycles. The van der Waals surface area contributed by atoms with Gasteiger partial charge in [-0.05, 0) is 42.1 Å². The molecule has 0 spiro atoms. The van der Waals surface area contributed by atoms with Crippen LogP contribution in [0.3, 0.4) is 0 Å². The standard InChI is InChI=1S/C16H23NS/c1-15(2)10-12-6-4-5-7-13(12)14(15)17-11-16(18-3)8-9-16/h4-7,14,17H,8-11H2,1-3H3. The Labute approximate surface area is 115 Å². The van der Waals surface area contributed by atoms with E-state index in [-0.39, 0.29) is 0 Å². The monoisotopic (exact) mass is 261 g/mol. The van der Waals surface area contributed by atoms with Crippen molar-refractivity contribution < 1.29 is 0 Å². The quantitative estimate of drug-likeness (QED) is 0.885. The number of hydrogen-bond acceptors (Lipinski definition) is 2. The van der Waals surface area contributed by atoms with Crippen LogP contribution in [-0.2, 0) is 6.42 Å². The van der Waals surface area contributed by atoms with E-state index in [0.717, 1.165) is 6.54 Å². The average Bonchev–Trinajstić information content (AvgIpc) is 3.06. The second-order valence-electron chi connectivity index (χ2n) is 6.57. The zero-order valence-corrected chi connectivity index (χ0v) is 12.4. The Morgan fingerprint density at radius 3 is 2.67 bits per heavy atom. The van der Waals surface area contributed by atoms with Gasteiger partial charge >= 0.3 is 0 Å². The van der Waals surface area contributed by atoms with Crippen LogP contribution in [0.5, 0.6) is 0 Å². The van der Waals surface area contributed by atoms with Crippen molar-refractivity contribution in [3.63, 3.8) is 0 Å². The molecule has 2 aliphatic rings. The molecule has 1 atom stereocenters. The summed E-state index contributed by atoms with van der Waals surface area (Å²) in [6.45, 7) is 5.95. The van der Waals surface area contributed by atoms with Crippen molar-refractivity contribution in [2.24, 2.45) is 5.41 Å². The number of thioether (sulfide) groups is 1. The Balaban J connectivity index is 1.77. The van der Waals surface area contributed by atoms with Gasteiger partial charge in [0.1, 0.15) is 0 Å². The molecule has 1 nitrogen and oxygen atoms in total. The molecule has 0 aromatic heterocycles. The fourth-order valence-corrected chi connectivity index (χ4v) is 4.00. The molecule has 0 radical (unpaired) electrons. The van der Waals surface area contributed by atoms with Gasteiger partial charge in [-0.3, -0.25) is 0 Å². The first-order chi connectivity index (χ1) is 8.56. The van der Waals surface area contributed by atoms with E-state index in [9.17, 15) is 0 Å². The van der Waals surface area contributed by atoms with Crippen molar-refractivity contribution in [3.05, 3.63) is 35.4 Å². The summed E-state index contributed by atoms with van der Waals surface area (Å²) in [6.07, 6.45) is 6.22. The van der Waals surface area contributed by atoms with Gasteiger partial charge in [0.2, 0.25) is 0 Å². The highest BCUT2D eigenvalue weighted by atomic mass is 32.2. The van der Waals surface area contributed by atoms with Gasteiger partial charge in [-0.2, -0.15) is 11.8 Å². The van der Waals surface area contributed by atoms with E-state index < -0.39 is 0 Å². The lowest BCUT2D eigenvalue weighted by Gasteiger charge is -2.30. The maximum Gasteiger partial charge on any atom is 0.0378 e. The van der Waals surface area contributed by atoms with Gasteiger partial charge in [0, 0.05) is 17.3 Å². The Morgan fingerprint density at radius 1 is 1.28 bits per heavy atom. The minimum Gasteiger partial charge on any atom is -0.308 e. The van der Waals surface area contributed by atoms with E-state index >= 15 is 0 Å². The zero-order valence-electron chi connectivity index (χ0n) is 11.6. The molecule has 0 heterocycles. The lowest BCUT2D eigenvalue weighted by atomic mass is 9.85. The number of nitrogens with one attached hydrogen (secondary N) is 1. The molecule has 0 bridgehead atoms. The van der Waals surface area contributed by atoms with E-state index in [4.69, 9.17) is 0 Å². The Morgan fingerprint density at radius 2 is 2.00 bits per heavy atom. The third-order valence-electron chi connectivity index (χ3n) is 4.66. The number of fused-ring (bicyclic) bond motifs is 1. The van der Waals surface area contributed by atoms with Crippen LogP contribution in [-0.4, -0.2) is 17.5 Å². The summed E-state index contributed by atoms with van der Waals surface area (Å²) in [7, 11) is 0. The predicted molar refractivity (Wildman–Crippen MR) is 80.2 cm³/mol. The Kier molecular flexibility index (Phi) is 2.98. The molecule has 18 heavy (non-hydrogen) atoms. The molecule has 0 amide bonds. The van der Waals surface area contributed by atoms with Crippen LogP contribution in [0.25, 0.3) is 0 Å². The second kappa shape index (κ2) is 4.28. The van der Waals surface area contributed by atoms with Gasteiger partial charge in [-0.1, -0.05) is 38.1 Å². The summed E-state index contributed by atoms with van der Waals surface area (Å²) in [5.41, 5.74) is 3.41. The largest absolute Gasteiger partial charge is 0.308 e. The lowest BCUT2D eigenvalue weighted by Crippen LogP contribution is -2.36. The molecule has 0 saturated heterocycles. The van der Waals surface area contributed by atoms with Crippen molar-refractivity contribution in [2.45, 2.75) is 43.9 Å². The molecule has 1 fully saturated rings. The van der Waals surface area contributed by atoms with Crippen molar-refractivity contribution in [3.8, 4) is 0 Å². The maximum atomic E-state index is 3.86. The number of hydrogen-bond donors (Lipinski definition) is 1. The highest BCUT2D eigenvalue weighted by molar-refractivity contribution is 8.00. The minimum absolute atomic E-state index is 0.345. The van der Waals surface area contributed by atoms with Gasteiger partial charge in [-0.15, -0.1) is 0 Å². The summed E-state index contributed by atoms with van der Waals surface area (Å²) in [5, 5.41) is 3.86. The van der Waals surface area contributed by atoms with Gasteiger partial charge in [0.15, 0.2) is 0 Å². The van der Waals surface area contributed by atoms with Gasteiger partial charge in [-0.25, -0.2) is 0 Å². The van der Waals surface area contributed by atoms with Crippen molar-refractivity contribution in [2.75, 3.05) is 12.8 Å². The first-order valence-electron chi connectivity index (χ1n) is 6.93. The normalized spacial score (nSPS) is 26.9.